The molecule has 4 nitrogen and oxygen atoms in total. The molecule has 4 heteroatoms. The van der Waals surface area contributed by atoms with E-state index in [0.717, 1.165) is 18.8 Å². The Morgan fingerprint density at radius 1 is 1.36 bits per heavy atom. The number of fused-ring (bicyclic) bond motifs is 1. The van der Waals surface area contributed by atoms with Gasteiger partial charge in [0.2, 0.25) is 0 Å². The molecule has 0 amide bonds. The van der Waals surface area contributed by atoms with E-state index in [4.69, 9.17) is 9.47 Å². The van der Waals surface area contributed by atoms with Crippen LogP contribution in [-0.4, -0.2) is 49.3 Å². The van der Waals surface area contributed by atoms with E-state index in [-0.39, 0.29) is 0 Å². The zero-order valence-electron chi connectivity index (χ0n) is 13.8. The second-order valence-electron chi connectivity index (χ2n) is 6.27. The normalized spacial score (nSPS) is 20.6. The second kappa shape index (κ2) is 6.71. The van der Waals surface area contributed by atoms with Gasteiger partial charge in [-0.25, -0.2) is 0 Å². The Morgan fingerprint density at radius 2 is 2.23 bits per heavy atom. The minimum Gasteiger partial charge on any atom is -0.497 e. The van der Waals surface area contributed by atoms with E-state index < -0.39 is 0 Å². The first-order chi connectivity index (χ1) is 10.7. The lowest BCUT2D eigenvalue weighted by molar-refractivity contribution is 0.0913. The summed E-state index contributed by atoms with van der Waals surface area (Å²) in [5.74, 6) is 0.921. The number of ether oxygens (including phenoxy) is 2. The number of hydrogen-bond donors (Lipinski definition) is 1. The smallest absolute Gasteiger partial charge is 0.119 e. The number of aromatic nitrogens is 1. The number of H-pyrrole nitrogens is 1. The van der Waals surface area contributed by atoms with Gasteiger partial charge in [-0.05, 0) is 56.5 Å². The molecule has 2 aromatic rings. The van der Waals surface area contributed by atoms with Crippen LogP contribution in [0.2, 0.25) is 0 Å². The first-order valence-corrected chi connectivity index (χ1v) is 8.11. The molecule has 1 aromatic heterocycles. The summed E-state index contributed by atoms with van der Waals surface area (Å²) in [6.45, 7) is 4.25. The van der Waals surface area contributed by atoms with Crippen LogP contribution in [0.15, 0.2) is 24.4 Å². The Labute approximate surface area is 132 Å². The molecule has 3 rings (SSSR count). The molecular formula is C18H26N2O2. The lowest BCUT2D eigenvalue weighted by Crippen LogP contribution is -2.40. The molecule has 2 atom stereocenters. The number of aromatic amines is 1. The van der Waals surface area contributed by atoms with Gasteiger partial charge in [0, 0.05) is 36.3 Å². The van der Waals surface area contributed by atoms with Crippen LogP contribution in [0.5, 0.6) is 5.75 Å². The van der Waals surface area contributed by atoms with Crippen LogP contribution in [0.25, 0.3) is 10.9 Å². The summed E-state index contributed by atoms with van der Waals surface area (Å²) in [6.07, 6.45) is 5.79. The van der Waals surface area contributed by atoms with Gasteiger partial charge in [-0.2, -0.15) is 0 Å². The van der Waals surface area contributed by atoms with Gasteiger partial charge in [-0.15, -0.1) is 0 Å². The third kappa shape index (κ3) is 2.99. The van der Waals surface area contributed by atoms with Gasteiger partial charge in [0.05, 0.1) is 13.7 Å². The second-order valence-corrected chi connectivity index (χ2v) is 6.27. The molecule has 120 valence electrons. The Morgan fingerprint density at radius 3 is 3.00 bits per heavy atom. The zero-order chi connectivity index (χ0) is 15.5. The van der Waals surface area contributed by atoms with Gasteiger partial charge in [0.15, 0.2) is 0 Å². The molecule has 0 bridgehead atoms. The summed E-state index contributed by atoms with van der Waals surface area (Å²) >= 11 is 0. The number of hydrogen-bond acceptors (Lipinski definition) is 3. The van der Waals surface area contributed by atoms with Gasteiger partial charge < -0.3 is 14.5 Å². The molecule has 1 saturated heterocycles. The summed E-state index contributed by atoms with van der Waals surface area (Å²) in [5, 5.41) is 1.28. The summed E-state index contributed by atoms with van der Waals surface area (Å²) in [7, 11) is 3.51. The van der Waals surface area contributed by atoms with Crippen molar-refractivity contribution in [1.29, 1.82) is 0 Å². The highest BCUT2D eigenvalue weighted by atomic mass is 16.5. The quantitative estimate of drug-likeness (QED) is 0.890. The fourth-order valence-corrected chi connectivity index (χ4v) is 3.70. The summed E-state index contributed by atoms with van der Waals surface area (Å²) < 4.78 is 10.7. The van der Waals surface area contributed by atoms with Crippen molar-refractivity contribution in [3.05, 3.63) is 30.0 Å². The highest BCUT2D eigenvalue weighted by Crippen LogP contribution is 2.29. The average molecular weight is 302 g/mol. The van der Waals surface area contributed by atoms with Crippen LogP contribution in [0, 0.1) is 0 Å². The molecule has 2 heterocycles. The average Bonchev–Trinajstić information content (AvgIpc) is 3.15. The van der Waals surface area contributed by atoms with Crippen LogP contribution >= 0.6 is 0 Å². The Bertz CT molecular complexity index is 623. The molecule has 0 unspecified atom stereocenters. The number of nitrogens with zero attached hydrogens (tertiary/aromatic N) is 1. The number of benzene rings is 1. The molecule has 1 aliphatic rings. The van der Waals surface area contributed by atoms with Crippen LogP contribution < -0.4 is 4.74 Å². The maximum atomic E-state index is 5.37. The van der Waals surface area contributed by atoms with Gasteiger partial charge in [-0.1, -0.05) is 0 Å². The zero-order valence-corrected chi connectivity index (χ0v) is 13.8. The van der Waals surface area contributed by atoms with Crippen molar-refractivity contribution in [1.82, 2.24) is 9.88 Å². The maximum Gasteiger partial charge on any atom is 0.119 e. The van der Waals surface area contributed by atoms with E-state index in [1.54, 1.807) is 14.2 Å². The molecule has 22 heavy (non-hydrogen) atoms. The van der Waals surface area contributed by atoms with Gasteiger partial charge in [0.1, 0.15) is 5.75 Å². The third-order valence-electron chi connectivity index (χ3n) is 4.83. The molecule has 0 spiro atoms. The SMILES string of the molecule is COC[C@@H](C)N1CCC[C@@H]1Cc1c[nH]c2ccc(OC)cc12. The summed E-state index contributed by atoms with van der Waals surface area (Å²) in [6, 6.07) is 7.33. The fourth-order valence-electron chi connectivity index (χ4n) is 3.70. The first kappa shape index (κ1) is 15.4. The fraction of sp³-hybridized carbons (Fsp3) is 0.556. The van der Waals surface area contributed by atoms with Crippen LogP contribution in [0.1, 0.15) is 25.3 Å². The molecule has 1 aliphatic heterocycles. The predicted molar refractivity (Wildman–Crippen MR) is 89.6 cm³/mol. The molecule has 1 fully saturated rings. The van der Waals surface area contributed by atoms with E-state index in [9.17, 15) is 0 Å². The highest BCUT2D eigenvalue weighted by molar-refractivity contribution is 5.84. The third-order valence-corrected chi connectivity index (χ3v) is 4.83. The first-order valence-electron chi connectivity index (χ1n) is 8.11. The highest BCUT2D eigenvalue weighted by Gasteiger charge is 2.29. The number of rotatable bonds is 6. The minimum atomic E-state index is 0.484. The molecule has 1 aromatic carbocycles. The standard InChI is InChI=1S/C18H26N2O2/c1-13(12-21-2)20-8-4-5-15(20)9-14-11-19-18-7-6-16(22-3)10-17(14)18/h6-7,10-11,13,15,19H,4-5,8-9,12H2,1-3H3/t13-,15-/m1/s1. The van der Waals surface area contributed by atoms with Gasteiger partial charge >= 0.3 is 0 Å². The van der Waals surface area contributed by atoms with E-state index in [1.165, 1.54) is 35.9 Å². The Hall–Kier alpha value is -1.52. The largest absolute Gasteiger partial charge is 0.497 e. The Balaban J connectivity index is 1.80. The minimum absolute atomic E-state index is 0.484. The summed E-state index contributed by atoms with van der Waals surface area (Å²) in [4.78, 5) is 5.98. The van der Waals surface area contributed by atoms with Crippen molar-refractivity contribution in [3.63, 3.8) is 0 Å². The van der Waals surface area contributed by atoms with Crippen LogP contribution in [0.4, 0.5) is 0 Å². The lowest BCUT2D eigenvalue weighted by Gasteiger charge is -2.30. The number of methoxy groups -OCH3 is 2. The van der Waals surface area contributed by atoms with E-state index in [2.05, 4.69) is 35.1 Å². The van der Waals surface area contributed by atoms with E-state index >= 15 is 0 Å². The van der Waals surface area contributed by atoms with Gasteiger partial charge in [0.25, 0.3) is 0 Å². The lowest BCUT2D eigenvalue weighted by atomic mass is 10.0. The predicted octanol–water partition coefficient (Wildman–Crippen LogP) is 3.22. The van der Waals surface area contributed by atoms with Crippen LogP contribution in [-0.2, 0) is 11.2 Å². The number of nitrogens with one attached hydrogen (secondary N) is 1. The topological polar surface area (TPSA) is 37.5 Å². The number of likely N-dealkylation sites (tertiary alicyclic amines) is 1. The van der Waals surface area contributed by atoms with Crippen molar-refractivity contribution in [2.75, 3.05) is 27.4 Å². The monoisotopic (exact) mass is 302 g/mol. The van der Waals surface area contributed by atoms with E-state index in [1.807, 2.05) is 6.07 Å². The Kier molecular flexibility index (Phi) is 4.69. The van der Waals surface area contributed by atoms with Crippen molar-refractivity contribution in [2.24, 2.45) is 0 Å². The molecule has 0 radical (unpaired) electrons. The molecule has 1 N–H and O–H groups in total. The van der Waals surface area contributed by atoms with Gasteiger partial charge in [-0.3, -0.25) is 4.90 Å². The molecule has 0 aliphatic carbocycles. The van der Waals surface area contributed by atoms with Crippen molar-refractivity contribution in [2.45, 2.75) is 38.3 Å². The van der Waals surface area contributed by atoms with E-state index in [0.29, 0.717) is 12.1 Å². The summed E-state index contributed by atoms with van der Waals surface area (Å²) in [5.41, 5.74) is 2.57. The molecular weight excluding hydrogens is 276 g/mol. The van der Waals surface area contributed by atoms with Crippen LogP contribution in [0.3, 0.4) is 0 Å². The van der Waals surface area contributed by atoms with Crippen molar-refractivity contribution < 1.29 is 9.47 Å². The van der Waals surface area contributed by atoms with Crippen molar-refractivity contribution >= 4 is 10.9 Å². The molecule has 0 saturated carbocycles. The maximum absolute atomic E-state index is 5.37. The van der Waals surface area contributed by atoms with Crippen molar-refractivity contribution in [3.8, 4) is 5.75 Å².